The van der Waals surface area contributed by atoms with Crippen LogP contribution in [-0.4, -0.2) is 51.9 Å². The largest absolute Gasteiger partial charge is 0.478 e. The Morgan fingerprint density at radius 2 is 1.53 bits per heavy atom. The third-order valence-electron chi connectivity index (χ3n) is 4.31. The second kappa shape index (κ2) is 11.2. The number of carbonyl (C=O) groups is 2. The molecular formula is C23H25NO5S. The molecule has 0 amide bonds. The Labute approximate surface area is 178 Å². The average molecular weight is 428 g/mol. The molecule has 0 saturated carbocycles. The quantitative estimate of drug-likeness (QED) is 0.710. The van der Waals surface area contributed by atoms with Crippen LogP contribution in [-0.2, 0) is 26.1 Å². The van der Waals surface area contributed by atoms with E-state index in [4.69, 9.17) is 10.2 Å². The molecule has 0 saturated heterocycles. The molecule has 0 radical (unpaired) electrons. The molecule has 1 aliphatic heterocycles. The van der Waals surface area contributed by atoms with Crippen LogP contribution in [0.1, 0.15) is 23.1 Å². The molecule has 2 N–H and O–H groups in total. The van der Waals surface area contributed by atoms with Crippen LogP contribution in [0.3, 0.4) is 0 Å². The molecule has 1 unspecified atom stereocenters. The normalized spacial score (nSPS) is 16.4. The van der Waals surface area contributed by atoms with Crippen molar-refractivity contribution in [3.8, 4) is 0 Å². The summed E-state index contributed by atoms with van der Waals surface area (Å²) in [5, 5.41) is 15.6. The van der Waals surface area contributed by atoms with Gasteiger partial charge in [-0.15, -0.1) is 0 Å². The molecular weight excluding hydrogens is 402 g/mol. The van der Waals surface area contributed by atoms with Crippen LogP contribution in [0.4, 0.5) is 0 Å². The topological polar surface area (TPSA) is 94.9 Å². The molecule has 0 spiro atoms. The van der Waals surface area contributed by atoms with E-state index in [9.17, 15) is 13.8 Å². The average Bonchev–Trinajstić information content (AvgIpc) is 2.82. The van der Waals surface area contributed by atoms with E-state index in [0.29, 0.717) is 17.9 Å². The number of hydrogen-bond acceptors (Lipinski definition) is 4. The van der Waals surface area contributed by atoms with Gasteiger partial charge in [-0.1, -0.05) is 48.5 Å². The van der Waals surface area contributed by atoms with Gasteiger partial charge in [-0.2, -0.15) is 0 Å². The molecule has 0 aliphatic carbocycles. The molecule has 2 aromatic rings. The van der Waals surface area contributed by atoms with Gasteiger partial charge < -0.3 is 15.1 Å². The number of nitrogens with zero attached hydrogens (tertiary/aromatic N) is 1. The number of carboxylic acid groups (broad SMARTS) is 2. The highest BCUT2D eigenvalue weighted by Crippen LogP contribution is 2.35. The molecule has 2 aromatic carbocycles. The van der Waals surface area contributed by atoms with E-state index in [1.54, 1.807) is 0 Å². The molecule has 1 atom stereocenters. The summed E-state index contributed by atoms with van der Waals surface area (Å²) in [5.41, 5.74) is 4.73. The highest BCUT2D eigenvalue weighted by Gasteiger charge is 2.21. The summed E-state index contributed by atoms with van der Waals surface area (Å²) in [6.07, 6.45) is 4.39. The summed E-state index contributed by atoms with van der Waals surface area (Å²) in [4.78, 5) is 22.2. The summed E-state index contributed by atoms with van der Waals surface area (Å²) >= 11 is 0. The predicted octanol–water partition coefficient (Wildman–Crippen LogP) is 3.40. The Balaban J connectivity index is 0.000000343. The van der Waals surface area contributed by atoms with E-state index in [0.717, 1.165) is 23.4 Å². The zero-order chi connectivity index (χ0) is 22.1. The van der Waals surface area contributed by atoms with Gasteiger partial charge in [-0.3, -0.25) is 4.21 Å². The summed E-state index contributed by atoms with van der Waals surface area (Å²) in [6.45, 7) is 1.01. The highest BCUT2D eigenvalue weighted by molar-refractivity contribution is 7.84. The second-order valence-electron chi connectivity index (χ2n) is 6.86. The van der Waals surface area contributed by atoms with Crippen molar-refractivity contribution in [2.75, 3.05) is 20.6 Å². The van der Waals surface area contributed by atoms with Gasteiger partial charge in [0.2, 0.25) is 0 Å². The van der Waals surface area contributed by atoms with Crippen molar-refractivity contribution >= 4 is 28.3 Å². The zero-order valence-electron chi connectivity index (χ0n) is 16.9. The molecule has 6 nitrogen and oxygen atoms in total. The first-order valence-corrected chi connectivity index (χ1v) is 10.7. The Kier molecular flexibility index (Phi) is 8.70. The van der Waals surface area contributed by atoms with Crippen LogP contribution >= 0.6 is 0 Å². The second-order valence-corrected chi connectivity index (χ2v) is 8.28. The van der Waals surface area contributed by atoms with E-state index >= 15 is 0 Å². The fraction of sp³-hybridized carbons (Fsp3) is 0.217. The standard InChI is InChI=1S/C19H21NOS.C4H4O4/c1-20(2)13-7-11-17-16-9-4-3-8-15(16)14-22(21)19-12-6-5-10-18(17)19;5-3(6)1-2-4(7)8/h3-6,8-12H,7,13-14H2,1-2H3;1-2H,(H,5,6)(H,7,8)/b17-11+;2-1-. The molecule has 158 valence electrons. The predicted molar refractivity (Wildman–Crippen MR) is 118 cm³/mol. The molecule has 0 aromatic heterocycles. The molecule has 30 heavy (non-hydrogen) atoms. The van der Waals surface area contributed by atoms with Gasteiger partial charge in [0.05, 0.1) is 16.6 Å². The van der Waals surface area contributed by atoms with E-state index in [-0.39, 0.29) is 0 Å². The highest BCUT2D eigenvalue weighted by atomic mass is 32.2. The molecule has 7 heteroatoms. The molecule has 1 aliphatic rings. The van der Waals surface area contributed by atoms with Crippen molar-refractivity contribution in [3.05, 3.63) is 83.4 Å². The first kappa shape index (κ1) is 23.3. The van der Waals surface area contributed by atoms with Crippen LogP contribution in [0.25, 0.3) is 5.57 Å². The van der Waals surface area contributed by atoms with Gasteiger partial charge in [-0.05, 0) is 48.8 Å². The number of hydrogen-bond donors (Lipinski definition) is 2. The van der Waals surface area contributed by atoms with Crippen molar-refractivity contribution in [3.63, 3.8) is 0 Å². The minimum absolute atomic E-state index is 0.558. The van der Waals surface area contributed by atoms with Crippen molar-refractivity contribution in [1.82, 2.24) is 4.90 Å². The number of aliphatic carboxylic acids is 2. The Morgan fingerprint density at radius 3 is 2.13 bits per heavy atom. The van der Waals surface area contributed by atoms with Crippen LogP contribution in [0.5, 0.6) is 0 Å². The van der Waals surface area contributed by atoms with E-state index in [2.05, 4.69) is 49.3 Å². The lowest BCUT2D eigenvalue weighted by Crippen LogP contribution is -2.12. The lowest BCUT2D eigenvalue weighted by Gasteiger charge is -2.12. The summed E-state index contributed by atoms with van der Waals surface area (Å²) in [5.74, 6) is -1.92. The van der Waals surface area contributed by atoms with Crippen LogP contribution in [0.2, 0.25) is 0 Å². The van der Waals surface area contributed by atoms with Crippen molar-refractivity contribution in [2.24, 2.45) is 0 Å². The molecule has 0 fully saturated rings. The van der Waals surface area contributed by atoms with E-state index in [1.165, 1.54) is 16.7 Å². The summed E-state index contributed by atoms with van der Waals surface area (Å²) < 4.78 is 12.7. The fourth-order valence-electron chi connectivity index (χ4n) is 2.99. The first-order chi connectivity index (χ1) is 14.3. The summed E-state index contributed by atoms with van der Waals surface area (Å²) in [7, 11) is 3.19. The van der Waals surface area contributed by atoms with E-state index < -0.39 is 22.7 Å². The Bertz CT molecular complexity index is 979. The Morgan fingerprint density at radius 1 is 0.967 bits per heavy atom. The lowest BCUT2D eigenvalue weighted by atomic mass is 9.93. The third-order valence-corrected chi connectivity index (χ3v) is 5.73. The minimum atomic E-state index is -1.26. The monoisotopic (exact) mass is 427 g/mol. The third kappa shape index (κ3) is 6.79. The summed E-state index contributed by atoms with van der Waals surface area (Å²) in [6, 6.07) is 16.4. The molecule has 3 rings (SSSR count). The SMILES string of the molecule is CN(C)CC/C=C1\c2ccccc2CS(=O)c2ccccc21.O=C(O)/C=C\C(=O)O. The lowest BCUT2D eigenvalue weighted by molar-refractivity contribution is -0.134. The van der Waals surface area contributed by atoms with Gasteiger partial charge in [0.25, 0.3) is 0 Å². The maximum Gasteiger partial charge on any atom is 0.328 e. The van der Waals surface area contributed by atoms with Gasteiger partial charge >= 0.3 is 11.9 Å². The first-order valence-electron chi connectivity index (χ1n) is 9.34. The van der Waals surface area contributed by atoms with Crippen molar-refractivity contribution in [2.45, 2.75) is 17.1 Å². The maximum atomic E-state index is 12.7. The van der Waals surface area contributed by atoms with Crippen molar-refractivity contribution in [1.29, 1.82) is 0 Å². The fourth-order valence-corrected chi connectivity index (χ4v) is 4.33. The number of rotatable bonds is 5. The van der Waals surface area contributed by atoms with Crippen LogP contribution < -0.4 is 0 Å². The van der Waals surface area contributed by atoms with E-state index in [1.807, 2.05) is 24.3 Å². The van der Waals surface area contributed by atoms with Gasteiger partial charge in [0.15, 0.2) is 0 Å². The minimum Gasteiger partial charge on any atom is -0.478 e. The van der Waals surface area contributed by atoms with Gasteiger partial charge in [0.1, 0.15) is 0 Å². The smallest absolute Gasteiger partial charge is 0.328 e. The molecule has 0 bridgehead atoms. The van der Waals surface area contributed by atoms with Gasteiger partial charge in [0, 0.05) is 23.6 Å². The van der Waals surface area contributed by atoms with Crippen LogP contribution in [0, 0.1) is 0 Å². The van der Waals surface area contributed by atoms with Crippen LogP contribution in [0.15, 0.2) is 71.7 Å². The number of fused-ring (bicyclic) bond motifs is 2. The number of benzene rings is 2. The van der Waals surface area contributed by atoms with Crippen molar-refractivity contribution < 1.29 is 24.0 Å². The number of carboxylic acids is 2. The Hall–Kier alpha value is -3.03. The zero-order valence-corrected chi connectivity index (χ0v) is 17.8. The molecule has 1 heterocycles. The van der Waals surface area contributed by atoms with Gasteiger partial charge in [-0.25, -0.2) is 9.59 Å². The maximum absolute atomic E-state index is 12.7.